The molecule has 0 radical (unpaired) electrons. The highest BCUT2D eigenvalue weighted by Gasteiger charge is 2.22. The van der Waals surface area contributed by atoms with E-state index in [1.807, 2.05) is 6.07 Å². The topological polar surface area (TPSA) is 66.6 Å². The molecule has 1 aromatic rings. The van der Waals surface area contributed by atoms with Crippen LogP contribution >= 0.6 is 0 Å². The molecule has 1 amide bonds. The normalized spacial score (nSPS) is 20.0. The van der Waals surface area contributed by atoms with Gasteiger partial charge in [0.15, 0.2) is 0 Å². The zero-order valence-electron chi connectivity index (χ0n) is 14.3. The van der Waals surface area contributed by atoms with E-state index in [2.05, 4.69) is 23.1 Å². The summed E-state index contributed by atoms with van der Waals surface area (Å²) in [4.78, 5) is 14.1. The highest BCUT2D eigenvalue weighted by Crippen LogP contribution is 2.34. The summed E-state index contributed by atoms with van der Waals surface area (Å²) >= 11 is 0. The maximum atomic E-state index is 11.8. The molecule has 0 saturated carbocycles. The zero-order chi connectivity index (χ0) is 16.9. The van der Waals surface area contributed by atoms with Crippen LogP contribution in [0, 0.1) is 0 Å². The van der Waals surface area contributed by atoms with Crippen LogP contribution in [-0.2, 0) is 0 Å². The van der Waals surface area contributed by atoms with Gasteiger partial charge in [0.05, 0.1) is 6.61 Å². The minimum atomic E-state index is -0.333. The summed E-state index contributed by atoms with van der Waals surface area (Å²) in [7, 11) is 0. The number of carbonyl (C=O) groups excluding carboxylic acids is 1. The predicted octanol–water partition coefficient (Wildman–Crippen LogP) is 2.91. The van der Waals surface area contributed by atoms with Gasteiger partial charge in [-0.05, 0) is 80.3 Å². The number of allylic oxidation sites excluding steroid dienone is 2. The molecular formula is C20H28N2O2. The molecule has 1 aliphatic carbocycles. The first-order chi connectivity index (χ1) is 11.7. The molecule has 130 valence electrons. The third kappa shape index (κ3) is 3.87. The standard InChI is InChI=1S/C20H28N2O2/c21-20(24)18-7-6-17(14-19(18)16-4-2-1-3-5-16)15-8-10-22(11-9-15)12-13-23/h4,6-7,14-15,23H,1-3,5,8-13H2,(H2,21,24). The average molecular weight is 328 g/mol. The van der Waals surface area contributed by atoms with Crippen molar-refractivity contribution in [3.05, 3.63) is 41.0 Å². The lowest BCUT2D eigenvalue weighted by molar-refractivity contribution is 0.1000. The zero-order valence-corrected chi connectivity index (χ0v) is 14.3. The Bertz CT molecular complexity index is 616. The van der Waals surface area contributed by atoms with E-state index in [-0.39, 0.29) is 12.5 Å². The van der Waals surface area contributed by atoms with Gasteiger partial charge in [0.2, 0.25) is 5.91 Å². The Hall–Kier alpha value is -1.65. The number of aliphatic hydroxyl groups excluding tert-OH is 1. The smallest absolute Gasteiger partial charge is 0.249 e. The van der Waals surface area contributed by atoms with Crippen LogP contribution in [-0.4, -0.2) is 42.2 Å². The molecule has 4 heteroatoms. The van der Waals surface area contributed by atoms with E-state index in [4.69, 9.17) is 10.8 Å². The van der Waals surface area contributed by atoms with Crippen LogP contribution < -0.4 is 5.73 Å². The molecule has 24 heavy (non-hydrogen) atoms. The van der Waals surface area contributed by atoms with Gasteiger partial charge in [-0.15, -0.1) is 0 Å². The lowest BCUT2D eigenvalue weighted by Gasteiger charge is -2.32. The molecule has 0 spiro atoms. The van der Waals surface area contributed by atoms with Crippen molar-refractivity contribution >= 4 is 11.5 Å². The number of hydrogen-bond donors (Lipinski definition) is 2. The summed E-state index contributed by atoms with van der Waals surface area (Å²) in [5, 5.41) is 9.07. The fourth-order valence-electron chi connectivity index (χ4n) is 4.01. The summed E-state index contributed by atoms with van der Waals surface area (Å²) < 4.78 is 0. The van der Waals surface area contributed by atoms with Crippen LogP contribution in [0.2, 0.25) is 0 Å². The molecule has 0 unspecified atom stereocenters. The number of amides is 1. The van der Waals surface area contributed by atoms with Crippen LogP contribution in [0.4, 0.5) is 0 Å². The van der Waals surface area contributed by atoms with E-state index in [9.17, 15) is 4.79 Å². The third-order valence-corrected chi connectivity index (χ3v) is 5.42. The first kappa shape index (κ1) is 17.2. The summed E-state index contributed by atoms with van der Waals surface area (Å²) in [5.41, 5.74) is 9.93. The third-order valence-electron chi connectivity index (χ3n) is 5.42. The fourth-order valence-corrected chi connectivity index (χ4v) is 4.01. The Morgan fingerprint density at radius 3 is 2.67 bits per heavy atom. The number of benzene rings is 1. The summed E-state index contributed by atoms with van der Waals surface area (Å²) in [6.07, 6.45) is 9.05. The van der Waals surface area contributed by atoms with Crippen LogP contribution in [0.5, 0.6) is 0 Å². The molecule has 1 heterocycles. The van der Waals surface area contributed by atoms with Gasteiger partial charge in [-0.3, -0.25) is 4.79 Å². The highest BCUT2D eigenvalue weighted by atomic mass is 16.3. The second-order valence-electron chi connectivity index (χ2n) is 6.98. The number of nitrogens with two attached hydrogens (primary N) is 1. The number of likely N-dealkylation sites (tertiary alicyclic amines) is 1. The molecule has 3 rings (SSSR count). The Balaban J connectivity index is 1.82. The number of primary amides is 1. The molecule has 1 fully saturated rings. The van der Waals surface area contributed by atoms with E-state index in [0.29, 0.717) is 11.5 Å². The van der Waals surface area contributed by atoms with Crippen LogP contribution in [0.25, 0.3) is 5.57 Å². The van der Waals surface area contributed by atoms with Gasteiger partial charge in [0.25, 0.3) is 0 Å². The Morgan fingerprint density at radius 1 is 1.25 bits per heavy atom. The number of carbonyl (C=O) groups is 1. The fraction of sp³-hybridized carbons (Fsp3) is 0.550. The van der Waals surface area contributed by atoms with Crippen molar-refractivity contribution in [2.24, 2.45) is 5.73 Å². The SMILES string of the molecule is NC(=O)c1ccc(C2CCN(CCO)CC2)cc1C1=CCCCC1. The minimum Gasteiger partial charge on any atom is -0.395 e. The lowest BCUT2D eigenvalue weighted by atomic mass is 9.84. The van der Waals surface area contributed by atoms with Crippen molar-refractivity contribution in [2.75, 3.05) is 26.2 Å². The molecule has 4 nitrogen and oxygen atoms in total. The predicted molar refractivity (Wildman–Crippen MR) is 96.9 cm³/mol. The average Bonchev–Trinajstić information content (AvgIpc) is 2.63. The number of piperidine rings is 1. The van der Waals surface area contributed by atoms with Gasteiger partial charge in [0.1, 0.15) is 0 Å². The number of β-amino-alcohol motifs (C(OH)–C–C–N with tert-alkyl or cyclic N) is 1. The summed E-state index contributed by atoms with van der Waals surface area (Å²) in [6, 6.07) is 6.21. The molecule has 1 aliphatic heterocycles. The van der Waals surface area contributed by atoms with Gasteiger partial charge >= 0.3 is 0 Å². The second-order valence-corrected chi connectivity index (χ2v) is 6.98. The van der Waals surface area contributed by atoms with E-state index in [1.54, 1.807) is 0 Å². The van der Waals surface area contributed by atoms with Gasteiger partial charge in [-0.1, -0.05) is 18.2 Å². The number of aliphatic hydroxyl groups is 1. The lowest BCUT2D eigenvalue weighted by Crippen LogP contribution is -2.35. The van der Waals surface area contributed by atoms with Crippen molar-refractivity contribution in [3.8, 4) is 0 Å². The molecule has 1 aromatic carbocycles. The van der Waals surface area contributed by atoms with E-state index in [1.165, 1.54) is 24.0 Å². The Kier molecular flexibility index (Phi) is 5.69. The molecule has 0 atom stereocenters. The van der Waals surface area contributed by atoms with Crippen LogP contribution in [0.15, 0.2) is 24.3 Å². The molecule has 0 bridgehead atoms. The number of hydrogen-bond acceptors (Lipinski definition) is 3. The molecule has 1 saturated heterocycles. The first-order valence-electron chi connectivity index (χ1n) is 9.15. The largest absolute Gasteiger partial charge is 0.395 e. The first-order valence-corrected chi connectivity index (χ1v) is 9.15. The number of rotatable bonds is 5. The molecular weight excluding hydrogens is 300 g/mol. The van der Waals surface area contributed by atoms with Crippen molar-refractivity contribution in [1.29, 1.82) is 0 Å². The summed E-state index contributed by atoms with van der Waals surface area (Å²) in [6.45, 7) is 3.06. The molecule has 2 aliphatic rings. The second kappa shape index (κ2) is 7.95. The Labute approximate surface area is 144 Å². The molecule has 0 aromatic heterocycles. The van der Waals surface area contributed by atoms with Crippen molar-refractivity contribution in [3.63, 3.8) is 0 Å². The maximum Gasteiger partial charge on any atom is 0.249 e. The van der Waals surface area contributed by atoms with E-state index >= 15 is 0 Å². The Morgan fingerprint density at radius 2 is 2.04 bits per heavy atom. The van der Waals surface area contributed by atoms with Crippen LogP contribution in [0.1, 0.15) is 65.9 Å². The maximum absolute atomic E-state index is 11.8. The van der Waals surface area contributed by atoms with E-state index in [0.717, 1.165) is 50.9 Å². The monoisotopic (exact) mass is 328 g/mol. The quantitative estimate of drug-likeness (QED) is 0.873. The van der Waals surface area contributed by atoms with Gasteiger partial charge in [-0.25, -0.2) is 0 Å². The summed E-state index contributed by atoms with van der Waals surface area (Å²) in [5.74, 6) is 0.200. The van der Waals surface area contributed by atoms with Gasteiger partial charge in [-0.2, -0.15) is 0 Å². The van der Waals surface area contributed by atoms with E-state index < -0.39 is 0 Å². The van der Waals surface area contributed by atoms with Gasteiger partial charge < -0.3 is 15.7 Å². The highest BCUT2D eigenvalue weighted by molar-refractivity contribution is 5.98. The molecule has 3 N–H and O–H groups in total. The minimum absolute atomic E-state index is 0.232. The number of nitrogens with zero attached hydrogens (tertiary/aromatic N) is 1. The van der Waals surface area contributed by atoms with Crippen molar-refractivity contribution < 1.29 is 9.90 Å². The van der Waals surface area contributed by atoms with Crippen molar-refractivity contribution in [2.45, 2.75) is 44.4 Å². The van der Waals surface area contributed by atoms with Crippen molar-refractivity contribution in [1.82, 2.24) is 4.90 Å². The van der Waals surface area contributed by atoms with Crippen LogP contribution in [0.3, 0.4) is 0 Å². The van der Waals surface area contributed by atoms with Gasteiger partial charge in [0, 0.05) is 12.1 Å².